The van der Waals surface area contributed by atoms with Crippen molar-refractivity contribution < 1.29 is 18.4 Å². The zero-order valence-corrected chi connectivity index (χ0v) is 15.3. The van der Waals surface area contributed by atoms with E-state index in [1.807, 2.05) is 19.1 Å². The number of anilines is 1. The first-order valence-corrected chi connectivity index (χ1v) is 8.58. The van der Waals surface area contributed by atoms with Crippen LogP contribution in [0.25, 0.3) is 23.1 Å². The van der Waals surface area contributed by atoms with Gasteiger partial charge in [0.15, 0.2) is 5.76 Å². The number of benzene rings is 2. The minimum Gasteiger partial charge on any atom is -0.496 e. The summed E-state index contributed by atoms with van der Waals surface area (Å²) in [6, 6.07) is 16.1. The van der Waals surface area contributed by atoms with Crippen LogP contribution >= 0.6 is 0 Å². The van der Waals surface area contributed by atoms with E-state index in [-0.39, 0.29) is 5.91 Å². The van der Waals surface area contributed by atoms with E-state index >= 15 is 0 Å². The molecule has 0 saturated carbocycles. The minimum atomic E-state index is -0.264. The van der Waals surface area contributed by atoms with Crippen molar-refractivity contribution in [2.24, 2.45) is 0 Å². The third-order valence-corrected chi connectivity index (χ3v) is 4.12. The Kier molecular flexibility index (Phi) is 4.63. The molecule has 0 atom stereocenters. The second-order valence-electron chi connectivity index (χ2n) is 6.13. The summed E-state index contributed by atoms with van der Waals surface area (Å²) in [5, 5.41) is 10.9. The molecule has 0 aliphatic carbocycles. The number of methoxy groups -OCH3 is 1. The van der Waals surface area contributed by atoms with E-state index in [2.05, 4.69) is 15.5 Å². The number of amides is 1. The van der Waals surface area contributed by atoms with Crippen molar-refractivity contribution in [2.45, 2.75) is 6.92 Å². The molecule has 2 heterocycles. The molecule has 0 unspecified atom stereocenters. The third-order valence-electron chi connectivity index (χ3n) is 4.12. The number of rotatable bonds is 5. The SMILES string of the molecule is COc1ccc(C)cc1C(=O)Nc1cccc(-c2nnc(-c3ccco3)o2)c1. The topological polar surface area (TPSA) is 90.4 Å². The number of furan rings is 1. The van der Waals surface area contributed by atoms with Crippen LogP contribution in [0.5, 0.6) is 5.75 Å². The molecule has 28 heavy (non-hydrogen) atoms. The molecule has 4 aromatic rings. The monoisotopic (exact) mass is 375 g/mol. The van der Waals surface area contributed by atoms with Gasteiger partial charge in [-0.1, -0.05) is 17.7 Å². The van der Waals surface area contributed by atoms with Gasteiger partial charge < -0.3 is 18.9 Å². The van der Waals surface area contributed by atoms with E-state index < -0.39 is 0 Å². The van der Waals surface area contributed by atoms with Crippen molar-refractivity contribution in [1.82, 2.24) is 10.2 Å². The summed E-state index contributed by atoms with van der Waals surface area (Å²) in [6.45, 7) is 1.92. The van der Waals surface area contributed by atoms with Crippen molar-refractivity contribution in [1.29, 1.82) is 0 Å². The molecule has 2 aromatic heterocycles. The van der Waals surface area contributed by atoms with Crippen LogP contribution in [0, 0.1) is 6.92 Å². The Morgan fingerprint density at radius 3 is 2.68 bits per heavy atom. The second kappa shape index (κ2) is 7.40. The number of aromatic nitrogens is 2. The number of carbonyl (C=O) groups is 1. The van der Waals surface area contributed by atoms with Crippen LogP contribution in [0.1, 0.15) is 15.9 Å². The van der Waals surface area contributed by atoms with Gasteiger partial charge in [0.1, 0.15) is 5.75 Å². The molecule has 0 saturated heterocycles. The average Bonchev–Trinajstić information content (AvgIpc) is 3.40. The van der Waals surface area contributed by atoms with Crippen LogP contribution in [0.15, 0.2) is 69.7 Å². The number of aryl methyl sites for hydroxylation is 1. The van der Waals surface area contributed by atoms with Gasteiger partial charge in [-0.25, -0.2) is 0 Å². The number of nitrogens with one attached hydrogen (secondary N) is 1. The van der Waals surface area contributed by atoms with Crippen molar-refractivity contribution >= 4 is 11.6 Å². The van der Waals surface area contributed by atoms with Crippen LogP contribution in [0.3, 0.4) is 0 Å². The van der Waals surface area contributed by atoms with Gasteiger partial charge in [0.2, 0.25) is 5.89 Å². The van der Waals surface area contributed by atoms with Crippen molar-refractivity contribution in [3.8, 4) is 28.9 Å². The standard InChI is InChI=1S/C21H17N3O4/c1-13-8-9-17(26-2)16(11-13)19(25)22-15-6-3-5-14(12-15)20-23-24-21(28-20)18-7-4-10-27-18/h3-12H,1-2H3,(H,22,25). The van der Waals surface area contributed by atoms with Crippen molar-refractivity contribution in [3.63, 3.8) is 0 Å². The molecule has 0 bridgehead atoms. The van der Waals surface area contributed by atoms with E-state index in [9.17, 15) is 4.79 Å². The summed E-state index contributed by atoms with van der Waals surface area (Å²) in [5.74, 6) is 1.36. The zero-order chi connectivity index (χ0) is 19.5. The fourth-order valence-electron chi connectivity index (χ4n) is 2.77. The summed E-state index contributed by atoms with van der Waals surface area (Å²) in [7, 11) is 1.54. The maximum Gasteiger partial charge on any atom is 0.283 e. The lowest BCUT2D eigenvalue weighted by molar-refractivity contribution is 0.102. The Hall–Kier alpha value is -3.87. The fourth-order valence-corrected chi connectivity index (χ4v) is 2.77. The molecular weight excluding hydrogens is 358 g/mol. The highest BCUT2D eigenvalue weighted by atomic mass is 16.5. The molecule has 1 amide bonds. The van der Waals surface area contributed by atoms with Gasteiger partial charge >= 0.3 is 0 Å². The lowest BCUT2D eigenvalue weighted by Crippen LogP contribution is -2.13. The maximum absolute atomic E-state index is 12.7. The van der Waals surface area contributed by atoms with Gasteiger partial charge in [0.05, 0.1) is 18.9 Å². The van der Waals surface area contributed by atoms with Crippen molar-refractivity contribution in [2.75, 3.05) is 12.4 Å². The fraction of sp³-hybridized carbons (Fsp3) is 0.0952. The Balaban J connectivity index is 1.58. The highest BCUT2D eigenvalue weighted by molar-refractivity contribution is 6.06. The Labute approximate surface area is 161 Å². The first kappa shape index (κ1) is 17.5. The summed E-state index contributed by atoms with van der Waals surface area (Å²) < 4.78 is 16.2. The molecule has 1 N–H and O–H groups in total. The summed E-state index contributed by atoms with van der Waals surface area (Å²) in [4.78, 5) is 12.7. The van der Waals surface area contributed by atoms with Gasteiger partial charge in [-0.3, -0.25) is 4.79 Å². The van der Waals surface area contributed by atoms with E-state index in [1.165, 1.54) is 13.4 Å². The minimum absolute atomic E-state index is 0.264. The quantitative estimate of drug-likeness (QED) is 0.550. The highest BCUT2D eigenvalue weighted by Crippen LogP contribution is 2.27. The number of hydrogen-bond acceptors (Lipinski definition) is 6. The van der Waals surface area contributed by atoms with Crippen LogP contribution in [-0.2, 0) is 0 Å². The molecule has 2 aromatic carbocycles. The van der Waals surface area contributed by atoms with Gasteiger partial charge in [-0.2, -0.15) is 0 Å². The number of carbonyl (C=O) groups excluding carboxylic acids is 1. The highest BCUT2D eigenvalue weighted by Gasteiger charge is 2.15. The first-order chi connectivity index (χ1) is 13.6. The molecule has 0 aliphatic rings. The molecule has 0 fully saturated rings. The molecule has 0 spiro atoms. The number of hydrogen-bond donors (Lipinski definition) is 1. The van der Waals surface area contributed by atoms with Crippen LogP contribution in [-0.4, -0.2) is 23.2 Å². The molecule has 7 nitrogen and oxygen atoms in total. The normalized spacial score (nSPS) is 10.6. The lowest BCUT2D eigenvalue weighted by atomic mass is 10.1. The number of nitrogens with zero attached hydrogens (tertiary/aromatic N) is 2. The maximum atomic E-state index is 12.7. The van der Waals surface area contributed by atoms with E-state index in [0.717, 1.165) is 5.56 Å². The zero-order valence-electron chi connectivity index (χ0n) is 15.3. The molecular formula is C21H17N3O4. The van der Waals surface area contributed by atoms with E-state index in [0.29, 0.717) is 40.1 Å². The molecule has 0 aliphatic heterocycles. The predicted octanol–water partition coefficient (Wildman–Crippen LogP) is 4.57. The molecule has 4 rings (SSSR count). The molecule has 0 radical (unpaired) electrons. The summed E-state index contributed by atoms with van der Waals surface area (Å²) in [6.07, 6.45) is 1.54. The largest absolute Gasteiger partial charge is 0.496 e. The molecule has 140 valence electrons. The van der Waals surface area contributed by atoms with E-state index in [4.69, 9.17) is 13.6 Å². The average molecular weight is 375 g/mol. The first-order valence-electron chi connectivity index (χ1n) is 8.58. The van der Waals surface area contributed by atoms with Crippen molar-refractivity contribution in [3.05, 3.63) is 72.0 Å². The van der Waals surface area contributed by atoms with E-state index in [1.54, 1.807) is 42.5 Å². The Morgan fingerprint density at radius 2 is 1.89 bits per heavy atom. The lowest BCUT2D eigenvalue weighted by Gasteiger charge is -2.10. The van der Waals surface area contributed by atoms with Gasteiger partial charge in [0, 0.05) is 11.3 Å². The molecule has 7 heteroatoms. The third kappa shape index (κ3) is 3.50. The van der Waals surface area contributed by atoms with Crippen LogP contribution in [0.2, 0.25) is 0 Å². The second-order valence-corrected chi connectivity index (χ2v) is 6.13. The van der Waals surface area contributed by atoms with Gasteiger partial charge in [0.25, 0.3) is 11.8 Å². The Morgan fingerprint density at radius 1 is 1.04 bits per heavy atom. The number of ether oxygens (including phenoxy) is 1. The summed E-state index contributed by atoms with van der Waals surface area (Å²) in [5.41, 5.74) is 2.71. The van der Waals surface area contributed by atoms with Crippen LogP contribution < -0.4 is 10.1 Å². The smallest absolute Gasteiger partial charge is 0.283 e. The van der Waals surface area contributed by atoms with Gasteiger partial charge in [-0.05, 0) is 49.4 Å². The predicted molar refractivity (Wildman–Crippen MR) is 103 cm³/mol. The van der Waals surface area contributed by atoms with Crippen LogP contribution in [0.4, 0.5) is 5.69 Å². The summed E-state index contributed by atoms with van der Waals surface area (Å²) >= 11 is 0. The van der Waals surface area contributed by atoms with Gasteiger partial charge in [-0.15, -0.1) is 10.2 Å². The Bertz CT molecular complexity index is 1120.